The molecule has 5 aromatic rings. The summed E-state index contributed by atoms with van der Waals surface area (Å²) in [5.74, 6) is 7.36. The van der Waals surface area contributed by atoms with Gasteiger partial charge in [-0.2, -0.15) is 23.3 Å². The number of aromatic nitrogens is 8. The zero-order valence-corrected chi connectivity index (χ0v) is 25.2. The van der Waals surface area contributed by atoms with Gasteiger partial charge in [-0.05, 0) is 45.4 Å². The Hall–Kier alpha value is -4.76. The van der Waals surface area contributed by atoms with Crippen LogP contribution in [0.2, 0.25) is 5.15 Å². The predicted octanol–water partition coefficient (Wildman–Crippen LogP) is 6.89. The molecule has 0 aliphatic carbocycles. The Morgan fingerprint density at radius 3 is 2.34 bits per heavy atom. The first-order valence-corrected chi connectivity index (χ1v) is 14.2. The maximum atomic E-state index is 13.4. The lowest BCUT2D eigenvalue weighted by Gasteiger charge is -2.21. The van der Waals surface area contributed by atoms with Crippen LogP contribution in [-0.4, -0.2) is 45.8 Å². The quantitative estimate of drug-likeness (QED) is 0.175. The summed E-state index contributed by atoms with van der Waals surface area (Å²) < 4.78 is 43.5. The molecule has 9 nitrogen and oxygen atoms in total. The zero-order chi connectivity index (χ0) is 31.4. The standard InChI is InChI=1S/C31H29ClF3N9/c1-20(2)43-18-26(31(33,34)35)39-29(43)24-9-7-23(8-10-24)17-42(15-5-6-22-11-13-36-14-12-22)30-38-19-37-28(40-30)25-16-27(32)41-44(25)21(3)4/h7-14,16,18-21H,15,17H2,1-4H3. The number of rotatable bonds is 8. The molecule has 0 saturated heterocycles. The summed E-state index contributed by atoms with van der Waals surface area (Å²) in [6.45, 7) is 8.25. The van der Waals surface area contributed by atoms with Crippen molar-refractivity contribution in [1.29, 1.82) is 0 Å². The second-order valence-electron chi connectivity index (χ2n) is 10.5. The molecule has 13 heteroatoms. The Morgan fingerprint density at radius 1 is 0.955 bits per heavy atom. The van der Waals surface area contributed by atoms with E-state index in [1.165, 1.54) is 10.9 Å². The van der Waals surface area contributed by atoms with E-state index < -0.39 is 11.9 Å². The molecule has 0 radical (unpaired) electrons. The molecule has 226 valence electrons. The molecule has 0 spiro atoms. The molecule has 0 N–H and O–H groups in total. The fourth-order valence-electron chi connectivity index (χ4n) is 4.48. The molecule has 0 aliphatic heterocycles. The number of pyridine rings is 1. The number of anilines is 1. The van der Waals surface area contributed by atoms with Gasteiger partial charge >= 0.3 is 6.18 Å². The third kappa shape index (κ3) is 7.06. The molecule has 0 bridgehead atoms. The molecule has 0 amide bonds. The van der Waals surface area contributed by atoms with Gasteiger partial charge in [-0.25, -0.2) is 15.0 Å². The Morgan fingerprint density at radius 2 is 1.68 bits per heavy atom. The second-order valence-corrected chi connectivity index (χ2v) is 10.9. The number of hydrogen-bond acceptors (Lipinski definition) is 7. The first-order chi connectivity index (χ1) is 21.0. The molecule has 4 heterocycles. The summed E-state index contributed by atoms with van der Waals surface area (Å²) in [5.41, 5.74) is 1.99. The second kappa shape index (κ2) is 12.9. The van der Waals surface area contributed by atoms with E-state index in [1.54, 1.807) is 35.3 Å². The largest absolute Gasteiger partial charge is 0.434 e. The van der Waals surface area contributed by atoms with Crippen LogP contribution in [0.3, 0.4) is 0 Å². The smallest absolute Gasteiger partial charge is 0.328 e. The predicted molar refractivity (Wildman–Crippen MR) is 162 cm³/mol. The van der Waals surface area contributed by atoms with Gasteiger partial charge in [-0.1, -0.05) is 47.7 Å². The summed E-state index contributed by atoms with van der Waals surface area (Å²) in [4.78, 5) is 23.4. The van der Waals surface area contributed by atoms with E-state index in [9.17, 15) is 13.2 Å². The van der Waals surface area contributed by atoms with Crippen LogP contribution in [0.15, 0.2) is 67.4 Å². The average Bonchev–Trinajstić information content (AvgIpc) is 3.63. The fourth-order valence-corrected chi connectivity index (χ4v) is 4.66. The Bertz CT molecular complexity index is 1780. The van der Waals surface area contributed by atoms with Crippen LogP contribution >= 0.6 is 11.6 Å². The Labute approximate surface area is 257 Å². The lowest BCUT2D eigenvalue weighted by atomic mass is 10.1. The van der Waals surface area contributed by atoms with Crippen molar-refractivity contribution >= 4 is 17.5 Å². The van der Waals surface area contributed by atoms with E-state index in [0.717, 1.165) is 17.3 Å². The first kappa shape index (κ1) is 30.7. The molecule has 44 heavy (non-hydrogen) atoms. The van der Waals surface area contributed by atoms with Gasteiger partial charge in [-0.15, -0.1) is 0 Å². The molecule has 1 aromatic carbocycles. The van der Waals surface area contributed by atoms with Gasteiger partial charge in [0.15, 0.2) is 16.7 Å². The third-order valence-electron chi connectivity index (χ3n) is 6.61. The highest BCUT2D eigenvalue weighted by Crippen LogP contribution is 2.33. The van der Waals surface area contributed by atoms with Gasteiger partial charge in [0.1, 0.15) is 17.8 Å². The number of alkyl halides is 3. The molecular formula is C31H29ClF3N9. The van der Waals surface area contributed by atoms with Crippen LogP contribution in [-0.2, 0) is 12.7 Å². The summed E-state index contributed by atoms with van der Waals surface area (Å²) in [6, 6.07) is 12.4. The normalized spacial score (nSPS) is 11.6. The van der Waals surface area contributed by atoms with Crippen LogP contribution in [0.1, 0.15) is 56.6 Å². The monoisotopic (exact) mass is 619 g/mol. The molecule has 0 atom stereocenters. The van der Waals surface area contributed by atoms with E-state index in [0.29, 0.717) is 34.7 Å². The molecular weight excluding hydrogens is 591 g/mol. The SMILES string of the molecule is CC(C)n1cc(C(F)(F)F)nc1-c1ccc(CN(CC#Cc2ccncc2)c2ncnc(-c3cc(Cl)nn3C(C)C)n2)cc1. The summed E-state index contributed by atoms with van der Waals surface area (Å²) in [5, 5.41) is 4.68. The molecule has 0 unspecified atom stereocenters. The van der Waals surface area contributed by atoms with Gasteiger partial charge in [0.25, 0.3) is 0 Å². The van der Waals surface area contributed by atoms with Crippen molar-refractivity contribution in [3.05, 3.63) is 89.4 Å². The number of halogens is 4. The van der Waals surface area contributed by atoms with Crippen molar-refractivity contribution in [2.45, 2.75) is 52.5 Å². The van der Waals surface area contributed by atoms with Crippen LogP contribution < -0.4 is 4.90 Å². The maximum absolute atomic E-state index is 13.4. The molecule has 5 rings (SSSR count). The van der Waals surface area contributed by atoms with Gasteiger partial charge in [0.05, 0.1) is 6.54 Å². The highest BCUT2D eigenvalue weighted by atomic mass is 35.5. The van der Waals surface area contributed by atoms with Crippen molar-refractivity contribution < 1.29 is 13.2 Å². The van der Waals surface area contributed by atoms with Crippen LogP contribution in [0.4, 0.5) is 19.1 Å². The average molecular weight is 620 g/mol. The Balaban J connectivity index is 1.47. The first-order valence-electron chi connectivity index (χ1n) is 13.8. The van der Waals surface area contributed by atoms with E-state index in [4.69, 9.17) is 16.6 Å². The van der Waals surface area contributed by atoms with E-state index in [-0.39, 0.29) is 24.5 Å². The lowest BCUT2D eigenvalue weighted by molar-refractivity contribution is -0.140. The molecule has 4 aromatic heterocycles. The molecule has 0 saturated carbocycles. The zero-order valence-electron chi connectivity index (χ0n) is 24.5. The van der Waals surface area contributed by atoms with Crippen LogP contribution in [0.5, 0.6) is 0 Å². The van der Waals surface area contributed by atoms with Crippen molar-refractivity contribution in [3.8, 4) is 34.7 Å². The van der Waals surface area contributed by atoms with E-state index in [2.05, 4.69) is 36.9 Å². The fraction of sp³-hybridized carbons (Fsp3) is 0.290. The van der Waals surface area contributed by atoms with Gasteiger partial charge < -0.3 is 9.47 Å². The van der Waals surface area contributed by atoms with Crippen molar-refractivity contribution in [2.24, 2.45) is 0 Å². The number of imidazole rings is 1. The van der Waals surface area contributed by atoms with Crippen molar-refractivity contribution in [3.63, 3.8) is 0 Å². The minimum atomic E-state index is -4.53. The van der Waals surface area contributed by atoms with Crippen LogP contribution in [0, 0.1) is 11.8 Å². The van der Waals surface area contributed by atoms with Crippen LogP contribution in [0.25, 0.3) is 22.9 Å². The van der Waals surface area contributed by atoms with Gasteiger partial charge in [0, 0.05) is 54.4 Å². The molecule has 0 fully saturated rings. The highest BCUT2D eigenvalue weighted by Gasteiger charge is 2.35. The minimum Gasteiger partial charge on any atom is -0.328 e. The number of nitrogens with zero attached hydrogens (tertiary/aromatic N) is 9. The topological polar surface area (TPSA) is 90.4 Å². The molecule has 0 aliphatic rings. The maximum Gasteiger partial charge on any atom is 0.434 e. The van der Waals surface area contributed by atoms with Crippen molar-refractivity contribution in [1.82, 2.24) is 39.3 Å². The van der Waals surface area contributed by atoms with E-state index in [1.807, 2.05) is 56.9 Å². The third-order valence-corrected chi connectivity index (χ3v) is 6.80. The number of benzene rings is 1. The summed E-state index contributed by atoms with van der Waals surface area (Å²) in [7, 11) is 0. The minimum absolute atomic E-state index is 0.0251. The van der Waals surface area contributed by atoms with Crippen molar-refractivity contribution in [2.75, 3.05) is 11.4 Å². The van der Waals surface area contributed by atoms with Gasteiger partial charge in [0.2, 0.25) is 5.95 Å². The van der Waals surface area contributed by atoms with E-state index >= 15 is 0 Å². The summed E-state index contributed by atoms with van der Waals surface area (Å²) >= 11 is 6.21. The lowest BCUT2D eigenvalue weighted by Crippen LogP contribution is -2.25. The number of hydrogen-bond donors (Lipinski definition) is 0. The van der Waals surface area contributed by atoms with Gasteiger partial charge in [-0.3, -0.25) is 9.67 Å². The summed E-state index contributed by atoms with van der Waals surface area (Å²) in [6.07, 6.45) is 1.29. The Kier molecular flexibility index (Phi) is 8.96. The highest BCUT2D eigenvalue weighted by molar-refractivity contribution is 6.29.